The molecule has 0 spiro atoms. The Bertz CT molecular complexity index is 1000. The van der Waals surface area contributed by atoms with E-state index in [0.717, 1.165) is 11.8 Å². The summed E-state index contributed by atoms with van der Waals surface area (Å²) in [5.41, 5.74) is 1.30. The molecule has 0 aliphatic rings. The molecule has 0 aliphatic heterocycles. The first-order valence-electron chi connectivity index (χ1n) is 7.44. The number of aromatic nitrogens is 3. The second-order valence-corrected chi connectivity index (χ2v) is 6.01. The fourth-order valence-electron chi connectivity index (χ4n) is 2.14. The predicted molar refractivity (Wildman–Crippen MR) is 97.0 cm³/mol. The van der Waals surface area contributed by atoms with Crippen LogP contribution in [-0.4, -0.2) is 19.9 Å². The summed E-state index contributed by atoms with van der Waals surface area (Å²) in [5, 5.41) is 21.2. The van der Waals surface area contributed by atoms with Gasteiger partial charge in [0.1, 0.15) is 6.07 Å². The third-order valence-corrected chi connectivity index (χ3v) is 4.25. The van der Waals surface area contributed by atoms with Crippen LogP contribution < -0.4 is 0 Å². The minimum absolute atomic E-state index is 0.0745. The second-order valence-electron chi connectivity index (χ2n) is 5.00. The number of allylic oxidation sites excluding steroid dienone is 1. The average molecular weight is 361 g/mol. The summed E-state index contributed by atoms with van der Waals surface area (Å²) in [6.45, 7) is 0. The molecule has 126 valence electrons. The van der Waals surface area contributed by atoms with Gasteiger partial charge in [0.15, 0.2) is 5.16 Å². The van der Waals surface area contributed by atoms with Gasteiger partial charge >= 0.3 is 0 Å². The van der Waals surface area contributed by atoms with E-state index in [-0.39, 0.29) is 5.69 Å². The Morgan fingerprint density at radius 1 is 1.12 bits per heavy atom. The zero-order chi connectivity index (χ0) is 18.4. The van der Waals surface area contributed by atoms with Crippen LogP contribution in [0.1, 0.15) is 11.3 Å². The molecule has 0 amide bonds. The van der Waals surface area contributed by atoms with E-state index in [2.05, 4.69) is 21.0 Å². The minimum Gasteiger partial charge on any atom is -0.258 e. The number of hydrogen-bond acceptors (Lipinski definition) is 7. The zero-order valence-corrected chi connectivity index (χ0v) is 14.1. The van der Waals surface area contributed by atoms with E-state index in [1.54, 1.807) is 61.1 Å². The van der Waals surface area contributed by atoms with Crippen molar-refractivity contribution in [2.24, 2.45) is 0 Å². The molecule has 0 bridgehead atoms. The average Bonchev–Trinajstić information content (AvgIpc) is 2.68. The predicted octanol–water partition coefficient (Wildman–Crippen LogP) is 4.00. The molecule has 1 aromatic carbocycles. The minimum atomic E-state index is -0.463. The van der Waals surface area contributed by atoms with Gasteiger partial charge in [0.25, 0.3) is 5.69 Å². The highest BCUT2D eigenvalue weighted by Crippen LogP contribution is 2.34. The summed E-state index contributed by atoms with van der Waals surface area (Å²) >= 11 is 1.11. The first-order chi connectivity index (χ1) is 12.7. The highest BCUT2D eigenvalue weighted by atomic mass is 32.2. The molecule has 2 aromatic heterocycles. The molecule has 8 heteroatoms. The molecule has 0 N–H and O–H groups in total. The van der Waals surface area contributed by atoms with Crippen LogP contribution >= 0.6 is 11.8 Å². The Morgan fingerprint density at radius 3 is 2.54 bits per heavy atom. The molecule has 0 radical (unpaired) electrons. The quantitative estimate of drug-likeness (QED) is 0.293. The lowest BCUT2D eigenvalue weighted by atomic mass is 10.1. The van der Waals surface area contributed by atoms with E-state index >= 15 is 0 Å². The maximum atomic E-state index is 11.4. The van der Waals surface area contributed by atoms with Gasteiger partial charge in [-0.05, 0) is 47.7 Å². The zero-order valence-electron chi connectivity index (χ0n) is 13.3. The van der Waals surface area contributed by atoms with Gasteiger partial charge in [-0.25, -0.2) is 9.97 Å². The smallest absolute Gasteiger partial charge is 0.258 e. The summed E-state index contributed by atoms with van der Waals surface area (Å²) in [5.74, 6) is 0. The summed E-state index contributed by atoms with van der Waals surface area (Å²) in [6.07, 6.45) is 6.31. The van der Waals surface area contributed by atoms with Crippen molar-refractivity contribution in [1.29, 1.82) is 5.26 Å². The SMILES string of the molecule is N#C/C(=C\c1ccc(Sc2ncccn2)c([N+](=O)[O-])c1)c1ccccn1. The van der Waals surface area contributed by atoms with Crippen molar-refractivity contribution in [3.8, 4) is 6.07 Å². The fourth-order valence-corrected chi connectivity index (χ4v) is 2.94. The Balaban J connectivity index is 1.97. The van der Waals surface area contributed by atoms with Crippen LogP contribution in [0.3, 0.4) is 0 Å². The lowest BCUT2D eigenvalue weighted by Gasteiger charge is -2.04. The van der Waals surface area contributed by atoms with Crippen LogP contribution in [0.5, 0.6) is 0 Å². The van der Waals surface area contributed by atoms with Crippen LogP contribution in [-0.2, 0) is 0 Å². The normalized spacial score (nSPS) is 11.0. The summed E-state index contributed by atoms with van der Waals surface area (Å²) < 4.78 is 0. The summed E-state index contributed by atoms with van der Waals surface area (Å²) in [7, 11) is 0. The van der Waals surface area contributed by atoms with Crippen molar-refractivity contribution in [3.63, 3.8) is 0 Å². The van der Waals surface area contributed by atoms with E-state index in [0.29, 0.717) is 26.9 Å². The monoisotopic (exact) mass is 361 g/mol. The van der Waals surface area contributed by atoms with Crippen molar-refractivity contribution >= 4 is 29.1 Å². The molecule has 0 fully saturated rings. The van der Waals surface area contributed by atoms with Gasteiger partial charge in [-0.1, -0.05) is 12.1 Å². The molecule has 7 nitrogen and oxygen atoms in total. The Morgan fingerprint density at radius 2 is 1.88 bits per heavy atom. The fraction of sp³-hybridized carbons (Fsp3) is 0. The molecule has 0 atom stereocenters. The van der Waals surface area contributed by atoms with Crippen molar-refractivity contribution in [3.05, 3.63) is 82.4 Å². The topological polar surface area (TPSA) is 106 Å². The maximum absolute atomic E-state index is 11.4. The van der Waals surface area contributed by atoms with Crippen LogP contribution in [0.15, 0.2) is 71.1 Å². The van der Waals surface area contributed by atoms with Crippen LogP contribution in [0.25, 0.3) is 11.6 Å². The maximum Gasteiger partial charge on any atom is 0.283 e. The first kappa shape index (κ1) is 17.3. The van der Waals surface area contributed by atoms with Crippen molar-refractivity contribution in [1.82, 2.24) is 15.0 Å². The van der Waals surface area contributed by atoms with E-state index < -0.39 is 4.92 Å². The molecule has 3 aromatic rings. The highest BCUT2D eigenvalue weighted by Gasteiger charge is 2.16. The molecule has 26 heavy (non-hydrogen) atoms. The van der Waals surface area contributed by atoms with Gasteiger partial charge < -0.3 is 0 Å². The summed E-state index contributed by atoms with van der Waals surface area (Å²) in [4.78, 5) is 23.7. The van der Waals surface area contributed by atoms with Crippen LogP contribution in [0.4, 0.5) is 5.69 Å². The van der Waals surface area contributed by atoms with Crippen molar-refractivity contribution in [2.75, 3.05) is 0 Å². The Labute approximate surface area is 153 Å². The van der Waals surface area contributed by atoms with Gasteiger partial charge in [0.05, 0.1) is 21.1 Å². The van der Waals surface area contributed by atoms with Crippen LogP contribution in [0, 0.1) is 21.4 Å². The molecular formula is C18H11N5O2S. The van der Waals surface area contributed by atoms with E-state index in [9.17, 15) is 15.4 Å². The largest absolute Gasteiger partial charge is 0.283 e. The number of benzene rings is 1. The first-order valence-corrected chi connectivity index (χ1v) is 8.25. The lowest BCUT2D eigenvalue weighted by Crippen LogP contribution is -1.93. The number of nitro groups is 1. The molecule has 3 rings (SSSR count). The highest BCUT2D eigenvalue weighted by molar-refractivity contribution is 7.99. The second kappa shape index (κ2) is 8.00. The molecule has 0 aliphatic carbocycles. The number of hydrogen-bond donors (Lipinski definition) is 0. The number of nitrogens with zero attached hydrogens (tertiary/aromatic N) is 5. The van der Waals surface area contributed by atoms with E-state index in [1.165, 1.54) is 6.07 Å². The van der Waals surface area contributed by atoms with Crippen molar-refractivity contribution in [2.45, 2.75) is 10.1 Å². The summed E-state index contributed by atoms with van der Waals surface area (Å²) in [6, 6.07) is 13.7. The third-order valence-electron chi connectivity index (χ3n) is 3.30. The van der Waals surface area contributed by atoms with E-state index in [4.69, 9.17) is 0 Å². The number of pyridine rings is 1. The molecular weight excluding hydrogens is 350 g/mol. The van der Waals surface area contributed by atoms with Gasteiger partial charge in [0.2, 0.25) is 0 Å². The Kier molecular flexibility index (Phi) is 5.31. The van der Waals surface area contributed by atoms with Gasteiger partial charge in [-0.2, -0.15) is 5.26 Å². The van der Waals surface area contributed by atoms with E-state index in [1.807, 2.05) is 0 Å². The number of nitro benzene ring substituents is 1. The van der Waals surface area contributed by atoms with Gasteiger partial charge in [-0.15, -0.1) is 0 Å². The third kappa shape index (κ3) is 4.09. The molecule has 0 unspecified atom stereocenters. The lowest BCUT2D eigenvalue weighted by molar-refractivity contribution is -0.387. The number of rotatable bonds is 5. The number of nitriles is 1. The van der Waals surface area contributed by atoms with Crippen LogP contribution in [0.2, 0.25) is 0 Å². The molecule has 0 saturated carbocycles. The van der Waals surface area contributed by atoms with Crippen molar-refractivity contribution < 1.29 is 4.92 Å². The van der Waals surface area contributed by atoms with Gasteiger partial charge in [-0.3, -0.25) is 15.1 Å². The standard InChI is InChI=1S/C18H11N5O2S/c19-12-14(15-4-1-2-7-20-15)10-13-5-6-17(16(11-13)23(24)25)26-18-21-8-3-9-22-18/h1-11H/b14-10+. The molecule has 0 saturated heterocycles. The Hall–Kier alpha value is -3.57. The molecule has 2 heterocycles. The van der Waals surface area contributed by atoms with Gasteiger partial charge in [0, 0.05) is 24.7 Å².